The van der Waals surface area contributed by atoms with Crippen molar-refractivity contribution in [3.8, 4) is 0 Å². The zero-order valence-electron chi connectivity index (χ0n) is 14.1. The van der Waals surface area contributed by atoms with Crippen LogP contribution in [0.15, 0.2) is 36.5 Å². The third kappa shape index (κ3) is 2.95. The fourth-order valence-electron chi connectivity index (χ4n) is 3.55. The summed E-state index contributed by atoms with van der Waals surface area (Å²) in [4.78, 5) is 26.1. The lowest BCUT2D eigenvalue weighted by molar-refractivity contribution is 0.0697. The van der Waals surface area contributed by atoms with Crippen molar-refractivity contribution in [2.45, 2.75) is 25.7 Å². The van der Waals surface area contributed by atoms with Crippen LogP contribution in [0.3, 0.4) is 0 Å². The number of pyridine rings is 1. The molecule has 2 N–H and O–H groups in total. The Morgan fingerprint density at radius 1 is 1.36 bits per heavy atom. The van der Waals surface area contributed by atoms with Crippen molar-refractivity contribution in [3.63, 3.8) is 0 Å². The summed E-state index contributed by atoms with van der Waals surface area (Å²) >= 11 is 0. The van der Waals surface area contributed by atoms with E-state index in [1.54, 1.807) is 18.3 Å². The summed E-state index contributed by atoms with van der Waals surface area (Å²) in [5.41, 5.74) is 3.48. The van der Waals surface area contributed by atoms with Gasteiger partial charge in [-0.2, -0.15) is 0 Å². The highest BCUT2D eigenvalue weighted by molar-refractivity contribution is 5.93. The second-order valence-corrected chi connectivity index (χ2v) is 6.61. The summed E-state index contributed by atoms with van der Waals surface area (Å²) in [6, 6.07) is 9.47. The number of carboxylic acid groups (broad SMARTS) is 1. The van der Waals surface area contributed by atoms with E-state index in [2.05, 4.69) is 33.9 Å². The highest BCUT2D eigenvalue weighted by atomic mass is 16.4. The van der Waals surface area contributed by atoms with Crippen molar-refractivity contribution in [2.75, 3.05) is 18.0 Å². The molecule has 0 radical (unpaired) electrons. The van der Waals surface area contributed by atoms with E-state index in [1.807, 2.05) is 6.07 Å². The molecule has 1 saturated heterocycles. The molecule has 2 aromatic heterocycles. The van der Waals surface area contributed by atoms with E-state index in [9.17, 15) is 9.90 Å². The fourth-order valence-corrected chi connectivity index (χ4v) is 3.55. The lowest BCUT2D eigenvalue weighted by Crippen LogP contribution is -2.36. The molecule has 0 saturated carbocycles. The summed E-state index contributed by atoms with van der Waals surface area (Å²) < 4.78 is 0. The first-order chi connectivity index (χ1) is 12.1. The number of fused-ring (bicyclic) bond motifs is 1. The van der Waals surface area contributed by atoms with Gasteiger partial charge in [-0.05, 0) is 49.6 Å². The van der Waals surface area contributed by atoms with Gasteiger partial charge in [0.2, 0.25) is 0 Å². The number of aromatic amines is 1. The van der Waals surface area contributed by atoms with Crippen LogP contribution in [0, 0.1) is 6.92 Å². The molecule has 6 heteroatoms. The average molecular weight is 336 g/mol. The number of anilines is 1. The topological polar surface area (TPSA) is 82.1 Å². The summed E-state index contributed by atoms with van der Waals surface area (Å²) in [6.45, 7) is 3.60. The van der Waals surface area contributed by atoms with E-state index in [0.29, 0.717) is 5.82 Å². The first-order valence-electron chi connectivity index (χ1n) is 8.51. The van der Waals surface area contributed by atoms with Crippen molar-refractivity contribution in [3.05, 3.63) is 53.5 Å². The average Bonchev–Trinajstić information content (AvgIpc) is 3.05. The molecule has 4 rings (SSSR count). The first kappa shape index (κ1) is 15.6. The number of carbonyl (C=O) groups is 1. The minimum Gasteiger partial charge on any atom is -0.478 e. The number of piperidine rings is 1. The van der Waals surface area contributed by atoms with Crippen LogP contribution in [0.5, 0.6) is 0 Å². The molecule has 3 heterocycles. The Morgan fingerprint density at radius 2 is 2.24 bits per heavy atom. The minimum atomic E-state index is -0.940. The largest absolute Gasteiger partial charge is 0.478 e. The van der Waals surface area contributed by atoms with Gasteiger partial charge in [0.15, 0.2) is 0 Å². The lowest BCUT2D eigenvalue weighted by atomic mass is 9.97. The molecule has 0 amide bonds. The zero-order valence-corrected chi connectivity index (χ0v) is 14.1. The number of nitrogens with zero attached hydrogens (tertiary/aromatic N) is 3. The number of carboxylic acids is 1. The predicted molar refractivity (Wildman–Crippen MR) is 96.2 cm³/mol. The Bertz CT molecular complexity index is 934. The smallest absolute Gasteiger partial charge is 0.339 e. The first-order valence-corrected chi connectivity index (χ1v) is 8.51. The molecule has 25 heavy (non-hydrogen) atoms. The number of aromatic nitrogens is 3. The third-order valence-corrected chi connectivity index (χ3v) is 4.78. The van der Waals surface area contributed by atoms with Crippen molar-refractivity contribution < 1.29 is 9.90 Å². The molecule has 0 spiro atoms. The second-order valence-electron chi connectivity index (χ2n) is 6.61. The van der Waals surface area contributed by atoms with Gasteiger partial charge in [0.25, 0.3) is 0 Å². The number of aryl methyl sites for hydroxylation is 1. The molecule has 6 nitrogen and oxygen atoms in total. The van der Waals surface area contributed by atoms with E-state index in [4.69, 9.17) is 4.98 Å². The molecule has 1 unspecified atom stereocenters. The van der Waals surface area contributed by atoms with Gasteiger partial charge < -0.3 is 15.0 Å². The molecule has 0 bridgehead atoms. The number of rotatable bonds is 3. The van der Waals surface area contributed by atoms with Crippen LogP contribution >= 0.6 is 0 Å². The van der Waals surface area contributed by atoms with Crippen LogP contribution < -0.4 is 4.90 Å². The molecule has 1 aromatic carbocycles. The van der Waals surface area contributed by atoms with Gasteiger partial charge in [-0.15, -0.1) is 0 Å². The van der Waals surface area contributed by atoms with Crippen molar-refractivity contribution in [2.24, 2.45) is 0 Å². The van der Waals surface area contributed by atoms with Gasteiger partial charge >= 0.3 is 5.97 Å². The monoisotopic (exact) mass is 336 g/mol. The summed E-state index contributed by atoms with van der Waals surface area (Å²) in [5, 5.41) is 9.42. The summed E-state index contributed by atoms with van der Waals surface area (Å²) in [6.07, 6.45) is 3.66. The number of nitrogens with one attached hydrogen (secondary N) is 1. The third-order valence-electron chi connectivity index (χ3n) is 4.78. The fraction of sp³-hybridized carbons (Fsp3) is 0.316. The standard InChI is InChI=1S/C19H20N4O2/c1-12-6-7-15-16(10-12)22-17(21-15)13-4-3-9-23(11-13)18-14(19(24)25)5-2-8-20-18/h2,5-8,10,13H,3-4,9,11H2,1H3,(H,21,22)(H,24,25). The molecule has 0 aliphatic carbocycles. The van der Waals surface area contributed by atoms with Crippen LogP contribution in [-0.4, -0.2) is 39.1 Å². The van der Waals surface area contributed by atoms with Gasteiger partial charge in [0.05, 0.1) is 11.0 Å². The van der Waals surface area contributed by atoms with Crippen LogP contribution in [0.1, 0.15) is 40.5 Å². The normalized spacial score (nSPS) is 17.8. The van der Waals surface area contributed by atoms with E-state index in [-0.39, 0.29) is 11.5 Å². The molecule has 128 valence electrons. The minimum absolute atomic E-state index is 0.241. The number of hydrogen-bond acceptors (Lipinski definition) is 4. The van der Waals surface area contributed by atoms with Crippen LogP contribution in [0.25, 0.3) is 11.0 Å². The Hall–Kier alpha value is -2.89. The molecular weight excluding hydrogens is 316 g/mol. The molecule has 1 atom stereocenters. The van der Waals surface area contributed by atoms with E-state index in [0.717, 1.165) is 42.8 Å². The Labute approximate surface area is 145 Å². The Balaban J connectivity index is 1.63. The SMILES string of the molecule is Cc1ccc2nc(C3CCCN(c4ncccc4C(=O)O)C3)[nH]c2c1. The van der Waals surface area contributed by atoms with E-state index >= 15 is 0 Å². The maximum absolute atomic E-state index is 11.5. The predicted octanol–water partition coefficient (Wildman–Crippen LogP) is 3.35. The number of aromatic carboxylic acids is 1. The van der Waals surface area contributed by atoms with Crippen LogP contribution in [0.4, 0.5) is 5.82 Å². The van der Waals surface area contributed by atoms with Gasteiger partial charge in [0, 0.05) is 25.2 Å². The number of imidazole rings is 1. The highest BCUT2D eigenvalue weighted by Gasteiger charge is 2.27. The summed E-state index contributed by atoms with van der Waals surface area (Å²) in [5.74, 6) is 0.819. The number of H-pyrrole nitrogens is 1. The quantitative estimate of drug-likeness (QED) is 0.766. The zero-order chi connectivity index (χ0) is 17.4. The summed E-state index contributed by atoms with van der Waals surface area (Å²) in [7, 11) is 0. The lowest BCUT2D eigenvalue weighted by Gasteiger charge is -2.33. The molecule has 1 aliphatic heterocycles. The van der Waals surface area contributed by atoms with Crippen LogP contribution in [0.2, 0.25) is 0 Å². The number of hydrogen-bond donors (Lipinski definition) is 2. The number of benzene rings is 1. The maximum Gasteiger partial charge on any atom is 0.339 e. The van der Waals surface area contributed by atoms with Gasteiger partial charge in [-0.3, -0.25) is 0 Å². The molecule has 3 aromatic rings. The van der Waals surface area contributed by atoms with Crippen LogP contribution in [-0.2, 0) is 0 Å². The maximum atomic E-state index is 11.5. The van der Waals surface area contributed by atoms with E-state index < -0.39 is 5.97 Å². The Kier molecular flexibility index (Phi) is 3.87. The van der Waals surface area contributed by atoms with Crippen molar-refractivity contribution in [1.82, 2.24) is 15.0 Å². The molecular formula is C19H20N4O2. The second kappa shape index (κ2) is 6.20. The van der Waals surface area contributed by atoms with Crippen molar-refractivity contribution >= 4 is 22.8 Å². The van der Waals surface area contributed by atoms with Gasteiger partial charge in [-0.25, -0.2) is 14.8 Å². The molecule has 1 aliphatic rings. The highest BCUT2D eigenvalue weighted by Crippen LogP contribution is 2.30. The van der Waals surface area contributed by atoms with Gasteiger partial charge in [-0.1, -0.05) is 6.07 Å². The molecule has 1 fully saturated rings. The van der Waals surface area contributed by atoms with Gasteiger partial charge in [0.1, 0.15) is 17.2 Å². The van der Waals surface area contributed by atoms with Crippen molar-refractivity contribution in [1.29, 1.82) is 0 Å². The Morgan fingerprint density at radius 3 is 3.08 bits per heavy atom. The van der Waals surface area contributed by atoms with E-state index in [1.165, 1.54) is 5.56 Å².